The van der Waals surface area contributed by atoms with Crippen molar-refractivity contribution < 1.29 is 13.2 Å². The van der Waals surface area contributed by atoms with Gasteiger partial charge in [0, 0.05) is 46.0 Å². The molecule has 1 fully saturated rings. The average Bonchev–Trinajstić information content (AvgIpc) is 3.08. The SMILES string of the molecule is CN(C)C(=O)c1ccc(Cl)c(S(=O)(=O)N2CCC(c3cnn(C)c3)CC2)c1. The van der Waals surface area contributed by atoms with Gasteiger partial charge in [0.25, 0.3) is 5.91 Å². The second-order valence-corrected chi connectivity index (χ2v) is 9.28. The van der Waals surface area contributed by atoms with E-state index < -0.39 is 10.0 Å². The van der Waals surface area contributed by atoms with Crippen molar-refractivity contribution in [3.63, 3.8) is 0 Å². The van der Waals surface area contributed by atoms with E-state index in [0.29, 0.717) is 24.6 Å². The van der Waals surface area contributed by atoms with Crippen LogP contribution in [-0.4, -0.2) is 60.5 Å². The van der Waals surface area contributed by atoms with Crippen molar-refractivity contribution in [3.8, 4) is 0 Å². The van der Waals surface area contributed by atoms with E-state index in [1.165, 1.54) is 21.3 Å². The molecule has 0 N–H and O–H groups in total. The summed E-state index contributed by atoms with van der Waals surface area (Å²) >= 11 is 6.17. The number of aromatic nitrogens is 2. The van der Waals surface area contributed by atoms with Crippen molar-refractivity contribution in [1.29, 1.82) is 0 Å². The Balaban J connectivity index is 1.81. The van der Waals surface area contributed by atoms with E-state index in [9.17, 15) is 13.2 Å². The third kappa shape index (κ3) is 4.02. The molecule has 1 saturated heterocycles. The normalized spacial score (nSPS) is 16.4. The van der Waals surface area contributed by atoms with Crippen LogP contribution >= 0.6 is 11.6 Å². The van der Waals surface area contributed by atoms with E-state index in [1.54, 1.807) is 24.8 Å². The topological polar surface area (TPSA) is 75.5 Å². The van der Waals surface area contributed by atoms with E-state index >= 15 is 0 Å². The van der Waals surface area contributed by atoms with E-state index in [1.807, 2.05) is 19.4 Å². The molecular weight excluding hydrogens is 388 g/mol. The van der Waals surface area contributed by atoms with Gasteiger partial charge in [-0.15, -0.1) is 0 Å². The molecule has 9 heteroatoms. The highest BCUT2D eigenvalue weighted by atomic mass is 35.5. The Bertz CT molecular complexity index is 947. The molecule has 1 aromatic carbocycles. The summed E-state index contributed by atoms with van der Waals surface area (Å²) < 4.78 is 29.4. The van der Waals surface area contributed by atoms with Crippen LogP contribution in [0.3, 0.4) is 0 Å². The van der Waals surface area contributed by atoms with Gasteiger partial charge in [-0.1, -0.05) is 11.6 Å². The molecule has 7 nitrogen and oxygen atoms in total. The number of piperidine rings is 1. The maximum atomic E-state index is 13.1. The summed E-state index contributed by atoms with van der Waals surface area (Å²) in [7, 11) is 1.34. The molecule has 27 heavy (non-hydrogen) atoms. The lowest BCUT2D eigenvalue weighted by Gasteiger charge is -2.31. The fourth-order valence-electron chi connectivity index (χ4n) is 3.31. The lowest BCUT2D eigenvalue weighted by atomic mass is 9.93. The minimum absolute atomic E-state index is 0.0169. The molecule has 0 saturated carbocycles. The van der Waals surface area contributed by atoms with Gasteiger partial charge in [-0.25, -0.2) is 8.42 Å². The lowest BCUT2D eigenvalue weighted by molar-refractivity contribution is 0.0827. The van der Waals surface area contributed by atoms with Crippen molar-refractivity contribution in [2.24, 2.45) is 7.05 Å². The molecule has 1 aliphatic heterocycles. The molecule has 0 spiro atoms. The number of hydrogen-bond donors (Lipinski definition) is 0. The molecule has 0 unspecified atom stereocenters. The third-order valence-corrected chi connectivity index (χ3v) is 7.23. The highest BCUT2D eigenvalue weighted by Gasteiger charge is 2.32. The fraction of sp³-hybridized carbons (Fsp3) is 0.444. The summed E-state index contributed by atoms with van der Waals surface area (Å²) in [5.74, 6) is 0.0284. The number of carbonyl (C=O) groups excluding carboxylic acids is 1. The number of rotatable bonds is 4. The fourth-order valence-corrected chi connectivity index (χ4v) is 5.28. The van der Waals surface area contributed by atoms with Crippen LogP contribution in [0.1, 0.15) is 34.7 Å². The van der Waals surface area contributed by atoms with Gasteiger partial charge in [-0.2, -0.15) is 9.40 Å². The summed E-state index contributed by atoms with van der Waals surface area (Å²) in [6.07, 6.45) is 5.25. The summed E-state index contributed by atoms with van der Waals surface area (Å²) in [5, 5.41) is 4.32. The molecule has 1 aromatic heterocycles. The second kappa shape index (κ2) is 7.61. The Labute approximate surface area is 164 Å². The standard InChI is InChI=1S/C18H23ClN4O3S/c1-21(2)18(24)14-4-5-16(19)17(10-14)27(25,26)23-8-6-13(7-9-23)15-11-20-22(3)12-15/h4-5,10-13H,6-9H2,1-3H3. The van der Waals surface area contributed by atoms with Crippen molar-refractivity contribution in [2.75, 3.05) is 27.2 Å². The second-order valence-electron chi connectivity index (χ2n) is 6.97. The zero-order valence-electron chi connectivity index (χ0n) is 15.6. The van der Waals surface area contributed by atoms with Gasteiger partial charge in [-0.3, -0.25) is 9.48 Å². The quantitative estimate of drug-likeness (QED) is 0.775. The highest BCUT2D eigenvalue weighted by Crippen LogP contribution is 2.32. The molecule has 3 rings (SSSR count). The molecule has 1 aliphatic rings. The highest BCUT2D eigenvalue weighted by molar-refractivity contribution is 7.89. The third-order valence-electron chi connectivity index (χ3n) is 4.85. The maximum Gasteiger partial charge on any atom is 0.253 e. The van der Waals surface area contributed by atoms with Crippen LogP contribution in [0.4, 0.5) is 0 Å². The van der Waals surface area contributed by atoms with Gasteiger partial charge in [-0.05, 0) is 42.5 Å². The van der Waals surface area contributed by atoms with Gasteiger partial charge < -0.3 is 4.90 Å². The predicted molar refractivity (Wildman–Crippen MR) is 103 cm³/mol. The van der Waals surface area contributed by atoms with Crippen molar-refractivity contribution in [2.45, 2.75) is 23.7 Å². The van der Waals surface area contributed by atoms with Crippen LogP contribution in [0.2, 0.25) is 5.02 Å². The van der Waals surface area contributed by atoms with Crippen LogP contribution in [0.25, 0.3) is 0 Å². The number of benzene rings is 1. The summed E-state index contributed by atoms with van der Waals surface area (Å²) in [4.78, 5) is 13.6. The zero-order chi connectivity index (χ0) is 19.8. The maximum absolute atomic E-state index is 13.1. The number of hydrogen-bond acceptors (Lipinski definition) is 4. The summed E-state index contributed by atoms with van der Waals surface area (Å²) in [5.41, 5.74) is 1.43. The van der Waals surface area contributed by atoms with Crippen molar-refractivity contribution in [1.82, 2.24) is 19.0 Å². The van der Waals surface area contributed by atoms with Gasteiger partial charge in [0.05, 0.1) is 11.2 Å². The van der Waals surface area contributed by atoms with Crippen LogP contribution in [-0.2, 0) is 17.1 Å². The monoisotopic (exact) mass is 410 g/mol. The van der Waals surface area contributed by atoms with E-state index in [2.05, 4.69) is 5.10 Å². The van der Waals surface area contributed by atoms with E-state index in [-0.39, 0.29) is 15.8 Å². The lowest BCUT2D eigenvalue weighted by Crippen LogP contribution is -2.38. The number of nitrogens with zero attached hydrogens (tertiary/aromatic N) is 4. The first-order valence-electron chi connectivity index (χ1n) is 8.70. The molecule has 146 valence electrons. The first kappa shape index (κ1) is 19.9. The van der Waals surface area contributed by atoms with E-state index in [4.69, 9.17) is 11.6 Å². The summed E-state index contributed by atoms with van der Waals surface area (Å²) in [6.45, 7) is 0.814. The molecule has 1 amide bonds. The first-order valence-corrected chi connectivity index (χ1v) is 10.5. The van der Waals surface area contributed by atoms with Crippen LogP contribution in [0, 0.1) is 0 Å². The number of sulfonamides is 1. The van der Waals surface area contributed by atoms with Crippen LogP contribution < -0.4 is 0 Å². The minimum atomic E-state index is -3.77. The molecule has 0 aliphatic carbocycles. The molecule has 2 aromatic rings. The molecular formula is C18H23ClN4O3S. The smallest absolute Gasteiger partial charge is 0.253 e. The average molecular weight is 411 g/mol. The molecule has 0 radical (unpaired) electrons. The Hall–Kier alpha value is -1.90. The number of carbonyl (C=O) groups is 1. The Morgan fingerprint density at radius 3 is 2.48 bits per heavy atom. The first-order chi connectivity index (χ1) is 12.7. The Morgan fingerprint density at radius 2 is 1.93 bits per heavy atom. The minimum Gasteiger partial charge on any atom is -0.345 e. The largest absolute Gasteiger partial charge is 0.345 e. The van der Waals surface area contributed by atoms with E-state index in [0.717, 1.165) is 18.4 Å². The number of amides is 1. The van der Waals surface area contributed by atoms with Crippen molar-refractivity contribution >= 4 is 27.5 Å². The van der Waals surface area contributed by atoms with Crippen LogP contribution in [0.5, 0.6) is 0 Å². The number of halogens is 1. The zero-order valence-corrected chi connectivity index (χ0v) is 17.2. The molecule has 0 atom stereocenters. The van der Waals surface area contributed by atoms with Crippen molar-refractivity contribution in [3.05, 3.63) is 46.7 Å². The van der Waals surface area contributed by atoms with Gasteiger partial charge >= 0.3 is 0 Å². The van der Waals surface area contributed by atoms with Gasteiger partial charge in [0.1, 0.15) is 4.90 Å². The Kier molecular flexibility index (Phi) is 5.60. The van der Waals surface area contributed by atoms with Crippen LogP contribution in [0.15, 0.2) is 35.5 Å². The molecule has 2 heterocycles. The number of aryl methyl sites for hydroxylation is 1. The van der Waals surface area contributed by atoms with Gasteiger partial charge in [0.15, 0.2) is 0 Å². The molecule has 0 bridgehead atoms. The van der Waals surface area contributed by atoms with Gasteiger partial charge in [0.2, 0.25) is 10.0 Å². The Morgan fingerprint density at radius 1 is 1.26 bits per heavy atom. The summed E-state index contributed by atoms with van der Waals surface area (Å²) in [6, 6.07) is 4.37. The predicted octanol–water partition coefficient (Wildman–Crippen LogP) is 2.34.